The van der Waals surface area contributed by atoms with Crippen molar-refractivity contribution >= 4 is 6.09 Å². The number of ether oxygens (including phenoxy) is 2. The van der Waals surface area contributed by atoms with Crippen LogP contribution >= 0.6 is 0 Å². The predicted molar refractivity (Wildman–Crippen MR) is 76.8 cm³/mol. The third-order valence-corrected chi connectivity index (χ3v) is 2.42. The van der Waals surface area contributed by atoms with E-state index in [2.05, 4.69) is 5.32 Å². The number of alkyl carbamates (subject to hydrolysis) is 1. The van der Waals surface area contributed by atoms with Crippen molar-refractivity contribution in [3.8, 4) is 5.75 Å². The Balaban J connectivity index is 2.31. The van der Waals surface area contributed by atoms with Crippen LogP contribution in [0.1, 0.15) is 27.2 Å². The van der Waals surface area contributed by atoms with Crippen molar-refractivity contribution in [1.82, 2.24) is 5.32 Å². The van der Waals surface area contributed by atoms with Gasteiger partial charge in [0.05, 0.1) is 19.3 Å². The zero-order chi connectivity index (χ0) is 15.0. The normalized spacial score (nSPS) is 12.6. The quantitative estimate of drug-likeness (QED) is 0.840. The fraction of sp³-hybridized carbons (Fsp3) is 0.533. The Morgan fingerprint density at radius 2 is 1.95 bits per heavy atom. The summed E-state index contributed by atoms with van der Waals surface area (Å²) in [5, 5.41) is 11.9. The number of para-hydroxylation sites is 1. The molecule has 5 heteroatoms. The molecule has 0 saturated carbocycles. The van der Waals surface area contributed by atoms with E-state index in [1.54, 1.807) is 20.8 Å². The first kappa shape index (κ1) is 16.3. The molecule has 0 bridgehead atoms. The molecule has 1 aromatic rings. The highest BCUT2D eigenvalue weighted by atomic mass is 16.6. The van der Waals surface area contributed by atoms with Gasteiger partial charge in [-0.05, 0) is 32.9 Å². The fourth-order valence-corrected chi connectivity index (χ4v) is 1.52. The average molecular weight is 281 g/mol. The standard InChI is InChI=1S/C15H23NO4/c1-15(2,3)20-14(18)16-12(11-17)9-10-19-13-7-5-4-6-8-13/h4-8,12,17H,9-11H2,1-3H3,(H,16,18). The Hall–Kier alpha value is -1.75. The molecule has 0 aromatic heterocycles. The van der Waals surface area contributed by atoms with E-state index in [-0.39, 0.29) is 12.6 Å². The molecule has 1 atom stereocenters. The van der Waals surface area contributed by atoms with Crippen molar-refractivity contribution in [2.45, 2.75) is 38.8 Å². The smallest absolute Gasteiger partial charge is 0.407 e. The van der Waals surface area contributed by atoms with Crippen molar-refractivity contribution in [2.24, 2.45) is 0 Å². The summed E-state index contributed by atoms with van der Waals surface area (Å²) >= 11 is 0. The van der Waals surface area contributed by atoms with Gasteiger partial charge in [-0.1, -0.05) is 18.2 Å². The second-order valence-electron chi connectivity index (χ2n) is 5.48. The van der Waals surface area contributed by atoms with Gasteiger partial charge in [0.15, 0.2) is 0 Å². The second-order valence-corrected chi connectivity index (χ2v) is 5.48. The van der Waals surface area contributed by atoms with Crippen LogP contribution in [0.3, 0.4) is 0 Å². The van der Waals surface area contributed by atoms with Crippen LogP contribution in [0.4, 0.5) is 4.79 Å². The van der Waals surface area contributed by atoms with Crippen LogP contribution in [0, 0.1) is 0 Å². The van der Waals surface area contributed by atoms with Gasteiger partial charge in [0.25, 0.3) is 0 Å². The molecule has 1 unspecified atom stereocenters. The molecule has 0 aliphatic rings. The summed E-state index contributed by atoms with van der Waals surface area (Å²) in [4.78, 5) is 11.6. The highest BCUT2D eigenvalue weighted by molar-refractivity contribution is 5.68. The Morgan fingerprint density at radius 1 is 1.30 bits per heavy atom. The minimum Gasteiger partial charge on any atom is -0.494 e. The Morgan fingerprint density at radius 3 is 2.50 bits per heavy atom. The molecular formula is C15H23NO4. The first-order valence-corrected chi connectivity index (χ1v) is 6.69. The molecule has 5 nitrogen and oxygen atoms in total. The van der Waals surface area contributed by atoms with E-state index in [1.165, 1.54) is 0 Å². The molecule has 0 fully saturated rings. The van der Waals surface area contributed by atoms with Crippen molar-refractivity contribution in [3.05, 3.63) is 30.3 Å². The maximum atomic E-state index is 11.6. The monoisotopic (exact) mass is 281 g/mol. The molecule has 0 aliphatic heterocycles. The lowest BCUT2D eigenvalue weighted by Crippen LogP contribution is -2.41. The van der Waals surface area contributed by atoms with Crippen molar-refractivity contribution in [3.63, 3.8) is 0 Å². The molecule has 0 spiro atoms. The molecule has 0 saturated heterocycles. The van der Waals surface area contributed by atoms with E-state index in [0.29, 0.717) is 13.0 Å². The van der Waals surface area contributed by atoms with Crippen LogP contribution in [0.15, 0.2) is 30.3 Å². The van der Waals surface area contributed by atoms with Crippen LogP contribution in [0.2, 0.25) is 0 Å². The minimum absolute atomic E-state index is 0.155. The summed E-state index contributed by atoms with van der Waals surface area (Å²) in [6.07, 6.45) is -0.0266. The average Bonchev–Trinajstić information content (AvgIpc) is 2.36. The summed E-state index contributed by atoms with van der Waals surface area (Å²) in [6, 6.07) is 9.02. The lowest BCUT2D eigenvalue weighted by atomic mass is 10.2. The van der Waals surface area contributed by atoms with Gasteiger partial charge >= 0.3 is 6.09 Å². The maximum absolute atomic E-state index is 11.6. The lowest BCUT2D eigenvalue weighted by Gasteiger charge is -2.22. The van der Waals surface area contributed by atoms with E-state index >= 15 is 0 Å². The third kappa shape index (κ3) is 6.99. The van der Waals surface area contributed by atoms with Crippen molar-refractivity contribution < 1.29 is 19.4 Å². The van der Waals surface area contributed by atoms with Gasteiger partial charge in [-0.25, -0.2) is 4.79 Å². The highest BCUT2D eigenvalue weighted by Crippen LogP contribution is 2.10. The highest BCUT2D eigenvalue weighted by Gasteiger charge is 2.19. The topological polar surface area (TPSA) is 67.8 Å². The summed E-state index contributed by atoms with van der Waals surface area (Å²) < 4.78 is 10.7. The summed E-state index contributed by atoms with van der Waals surface area (Å²) in [6.45, 7) is 5.62. The number of carbonyl (C=O) groups excluding carboxylic acids is 1. The van der Waals surface area contributed by atoms with Crippen LogP contribution in [0.25, 0.3) is 0 Å². The summed E-state index contributed by atoms with van der Waals surface area (Å²) in [7, 11) is 0. The zero-order valence-corrected chi connectivity index (χ0v) is 12.3. The molecule has 0 heterocycles. The zero-order valence-electron chi connectivity index (χ0n) is 12.3. The van der Waals surface area contributed by atoms with Crippen LogP contribution in [-0.2, 0) is 4.74 Å². The van der Waals surface area contributed by atoms with Gasteiger partial charge in [0, 0.05) is 6.42 Å². The van der Waals surface area contributed by atoms with E-state index < -0.39 is 11.7 Å². The molecule has 0 aliphatic carbocycles. The molecular weight excluding hydrogens is 258 g/mol. The number of nitrogens with one attached hydrogen (secondary N) is 1. The minimum atomic E-state index is -0.551. The summed E-state index contributed by atoms with van der Waals surface area (Å²) in [5.74, 6) is 0.765. The first-order chi connectivity index (χ1) is 9.40. The summed E-state index contributed by atoms with van der Waals surface area (Å²) in [5.41, 5.74) is -0.551. The van der Waals surface area contributed by atoms with Gasteiger partial charge in [-0.2, -0.15) is 0 Å². The first-order valence-electron chi connectivity index (χ1n) is 6.69. The molecule has 2 N–H and O–H groups in total. The Kier molecular flexibility index (Phi) is 6.31. The van der Waals surface area contributed by atoms with Crippen molar-refractivity contribution in [1.29, 1.82) is 0 Å². The maximum Gasteiger partial charge on any atom is 0.407 e. The third-order valence-electron chi connectivity index (χ3n) is 2.42. The van der Waals surface area contributed by atoms with Crippen LogP contribution < -0.4 is 10.1 Å². The van der Waals surface area contributed by atoms with Gasteiger partial charge in [0.1, 0.15) is 11.4 Å². The van der Waals surface area contributed by atoms with E-state index in [4.69, 9.17) is 9.47 Å². The van der Waals surface area contributed by atoms with Gasteiger partial charge in [-0.15, -0.1) is 0 Å². The van der Waals surface area contributed by atoms with E-state index in [9.17, 15) is 9.90 Å². The van der Waals surface area contributed by atoms with Gasteiger partial charge in [0.2, 0.25) is 0 Å². The van der Waals surface area contributed by atoms with Crippen LogP contribution in [-0.4, -0.2) is 36.1 Å². The van der Waals surface area contributed by atoms with E-state index in [0.717, 1.165) is 5.75 Å². The number of hydrogen-bond acceptors (Lipinski definition) is 4. The molecule has 1 aromatic carbocycles. The number of aliphatic hydroxyl groups excluding tert-OH is 1. The molecule has 112 valence electrons. The molecule has 20 heavy (non-hydrogen) atoms. The SMILES string of the molecule is CC(C)(C)OC(=O)NC(CO)CCOc1ccccc1. The number of rotatable bonds is 6. The number of aliphatic hydroxyl groups is 1. The number of carbonyl (C=O) groups is 1. The number of benzene rings is 1. The lowest BCUT2D eigenvalue weighted by molar-refractivity contribution is 0.0473. The van der Waals surface area contributed by atoms with Crippen LogP contribution in [0.5, 0.6) is 5.75 Å². The molecule has 0 radical (unpaired) electrons. The number of amides is 1. The molecule has 1 rings (SSSR count). The van der Waals surface area contributed by atoms with E-state index in [1.807, 2.05) is 30.3 Å². The number of hydrogen-bond donors (Lipinski definition) is 2. The Labute approximate surface area is 119 Å². The fourth-order valence-electron chi connectivity index (χ4n) is 1.52. The van der Waals surface area contributed by atoms with Gasteiger partial charge in [-0.3, -0.25) is 0 Å². The predicted octanol–water partition coefficient (Wildman–Crippen LogP) is 2.34. The Bertz CT molecular complexity index is 400. The molecule has 1 amide bonds. The van der Waals surface area contributed by atoms with Gasteiger partial charge < -0.3 is 19.9 Å². The largest absolute Gasteiger partial charge is 0.494 e. The second kappa shape index (κ2) is 7.75. The van der Waals surface area contributed by atoms with Crippen molar-refractivity contribution in [2.75, 3.05) is 13.2 Å².